The lowest BCUT2D eigenvalue weighted by Crippen LogP contribution is -2.28. The van der Waals surface area contributed by atoms with Crippen LogP contribution in [0.15, 0.2) is 48.5 Å². The van der Waals surface area contributed by atoms with Crippen molar-refractivity contribution in [3.05, 3.63) is 65.2 Å². The van der Waals surface area contributed by atoms with E-state index in [0.717, 1.165) is 22.4 Å². The van der Waals surface area contributed by atoms with E-state index in [0.29, 0.717) is 19.6 Å². The summed E-state index contributed by atoms with van der Waals surface area (Å²) in [5.41, 5.74) is 3.24. The molecule has 0 saturated carbocycles. The van der Waals surface area contributed by atoms with Gasteiger partial charge in [-0.15, -0.1) is 0 Å². The summed E-state index contributed by atoms with van der Waals surface area (Å²) >= 11 is 0. The van der Waals surface area contributed by atoms with Gasteiger partial charge >= 0.3 is 5.97 Å². The van der Waals surface area contributed by atoms with E-state index >= 15 is 0 Å². The molecule has 4 nitrogen and oxygen atoms in total. The van der Waals surface area contributed by atoms with Gasteiger partial charge in [-0.3, -0.25) is 0 Å². The van der Waals surface area contributed by atoms with Gasteiger partial charge in [0.15, 0.2) is 6.10 Å². The lowest BCUT2D eigenvalue weighted by molar-refractivity contribution is -0.153. The van der Waals surface area contributed by atoms with Crippen LogP contribution in [0.3, 0.4) is 0 Å². The molecule has 0 aliphatic rings. The summed E-state index contributed by atoms with van der Waals surface area (Å²) in [5.74, 6) is 0.465. The second kappa shape index (κ2) is 15.7. The standard InChI is InChI=1S/C20H24O4.C6H16Si/c1-4-23-19(20(21)22-3)13-17-10-11-18(12-15(17)2)24-14-16-8-6-5-7-9-16;1-4-7(5-2)6-3/h5-12,19H,4,13-14H2,1-3H3;7H,4-6H2,1-3H3/t19-;/m0./s1. The monoisotopic (exact) mass is 444 g/mol. The molecule has 0 aliphatic heterocycles. The van der Waals surface area contributed by atoms with E-state index in [2.05, 4.69) is 20.8 Å². The molecule has 0 fully saturated rings. The lowest BCUT2D eigenvalue weighted by Gasteiger charge is -2.16. The highest BCUT2D eigenvalue weighted by atomic mass is 28.3. The summed E-state index contributed by atoms with van der Waals surface area (Å²) < 4.78 is 16.1. The number of hydrogen-bond acceptors (Lipinski definition) is 4. The normalized spacial score (nSPS) is 11.5. The molecule has 31 heavy (non-hydrogen) atoms. The molecule has 1 atom stereocenters. The predicted octanol–water partition coefficient (Wildman–Crippen LogP) is 5.97. The van der Waals surface area contributed by atoms with Crippen molar-refractivity contribution in [3.63, 3.8) is 0 Å². The molecule has 0 radical (unpaired) electrons. The Morgan fingerprint density at radius 3 is 2.10 bits per heavy atom. The van der Waals surface area contributed by atoms with Crippen molar-refractivity contribution in [3.8, 4) is 5.75 Å². The van der Waals surface area contributed by atoms with E-state index in [9.17, 15) is 4.79 Å². The van der Waals surface area contributed by atoms with E-state index in [1.165, 1.54) is 25.2 Å². The fourth-order valence-electron chi connectivity index (χ4n) is 3.34. The smallest absolute Gasteiger partial charge is 0.335 e. The number of rotatable bonds is 11. The van der Waals surface area contributed by atoms with Crippen LogP contribution in [0.1, 0.15) is 44.4 Å². The predicted molar refractivity (Wildman–Crippen MR) is 132 cm³/mol. The van der Waals surface area contributed by atoms with E-state index in [-0.39, 0.29) is 14.8 Å². The molecule has 0 heterocycles. The van der Waals surface area contributed by atoms with Crippen LogP contribution in [0.4, 0.5) is 0 Å². The zero-order chi connectivity index (χ0) is 23.1. The van der Waals surface area contributed by atoms with Crippen molar-refractivity contribution in [1.29, 1.82) is 0 Å². The Hall–Kier alpha value is -2.11. The van der Waals surface area contributed by atoms with Crippen LogP contribution in [0.25, 0.3) is 0 Å². The highest BCUT2D eigenvalue weighted by Gasteiger charge is 2.20. The Bertz CT molecular complexity index is 739. The summed E-state index contributed by atoms with van der Waals surface area (Å²) in [6, 6.07) is 20.4. The molecule has 0 amide bonds. The first-order chi connectivity index (χ1) is 15.0. The maximum absolute atomic E-state index is 11.8. The van der Waals surface area contributed by atoms with Crippen LogP contribution in [-0.2, 0) is 27.3 Å². The zero-order valence-electron chi connectivity index (χ0n) is 20.1. The minimum Gasteiger partial charge on any atom is -0.489 e. The molecule has 2 aromatic rings. The van der Waals surface area contributed by atoms with Crippen molar-refractivity contribution < 1.29 is 19.0 Å². The minimum absolute atomic E-state index is 0.171. The van der Waals surface area contributed by atoms with Crippen molar-refractivity contribution in [1.82, 2.24) is 0 Å². The molecule has 0 bridgehead atoms. The van der Waals surface area contributed by atoms with Crippen molar-refractivity contribution in [2.24, 2.45) is 0 Å². The first-order valence-electron chi connectivity index (χ1n) is 11.4. The van der Waals surface area contributed by atoms with Gasteiger partial charge in [0.05, 0.1) is 7.11 Å². The lowest BCUT2D eigenvalue weighted by atomic mass is 10.0. The third-order valence-corrected chi connectivity index (χ3v) is 9.00. The SMILES string of the molecule is CCO[C@@H](Cc1ccc(OCc2ccccc2)cc1C)C(=O)OC.CC[SiH](CC)CC. The Morgan fingerprint density at radius 1 is 0.968 bits per heavy atom. The topological polar surface area (TPSA) is 44.8 Å². The van der Waals surface area contributed by atoms with Gasteiger partial charge in [0, 0.05) is 21.8 Å². The fraction of sp³-hybridized carbons (Fsp3) is 0.500. The van der Waals surface area contributed by atoms with E-state index in [4.69, 9.17) is 14.2 Å². The molecule has 5 heteroatoms. The zero-order valence-corrected chi connectivity index (χ0v) is 21.3. The average molecular weight is 445 g/mol. The molecular weight excluding hydrogens is 404 g/mol. The minimum atomic E-state index is -0.574. The van der Waals surface area contributed by atoms with Crippen molar-refractivity contribution in [2.75, 3.05) is 13.7 Å². The van der Waals surface area contributed by atoms with Gasteiger partial charge in [-0.2, -0.15) is 0 Å². The molecule has 0 aliphatic carbocycles. The summed E-state index contributed by atoms with van der Waals surface area (Å²) in [5, 5.41) is 0. The van der Waals surface area contributed by atoms with Gasteiger partial charge in [0.1, 0.15) is 12.4 Å². The van der Waals surface area contributed by atoms with Crippen LogP contribution in [0.2, 0.25) is 18.1 Å². The molecular formula is C26H40O4Si. The number of benzene rings is 2. The van der Waals surface area contributed by atoms with Crippen LogP contribution in [0.5, 0.6) is 5.75 Å². The summed E-state index contributed by atoms with van der Waals surface area (Å²) in [6.07, 6.45) is -0.0829. The number of aryl methyl sites for hydroxylation is 1. The van der Waals surface area contributed by atoms with Crippen LogP contribution < -0.4 is 4.74 Å². The fourth-order valence-corrected chi connectivity index (χ4v) is 5.07. The summed E-state index contributed by atoms with van der Waals surface area (Å²) in [6.45, 7) is 11.8. The Morgan fingerprint density at radius 2 is 1.61 bits per heavy atom. The third kappa shape index (κ3) is 10.2. The first kappa shape index (κ1) is 26.9. The number of esters is 1. The Kier molecular flexibility index (Phi) is 13.6. The van der Waals surface area contributed by atoms with Crippen LogP contribution >= 0.6 is 0 Å². The first-order valence-corrected chi connectivity index (χ1v) is 13.9. The van der Waals surface area contributed by atoms with Crippen molar-refractivity contribution in [2.45, 2.75) is 71.9 Å². The van der Waals surface area contributed by atoms with E-state index < -0.39 is 6.10 Å². The van der Waals surface area contributed by atoms with Gasteiger partial charge in [0.2, 0.25) is 0 Å². The summed E-state index contributed by atoms with van der Waals surface area (Å²) in [7, 11) is 1.21. The molecule has 0 aromatic heterocycles. The maximum Gasteiger partial charge on any atom is 0.335 e. The Labute approximate surface area is 190 Å². The molecule has 0 unspecified atom stereocenters. The number of ether oxygens (including phenoxy) is 3. The van der Waals surface area contributed by atoms with Crippen LogP contribution in [-0.4, -0.2) is 34.6 Å². The Balaban J connectivity index is 0.000000592. The molecule has 0 saturated heterocycles. The molecule has 0 N–H and O–H groups in total. The van der Waals surface area contributed by atoms with Gasteiger partial charge in [-0.05, 0) is 42.7 Å². The van der Waals surface area contributed by atoms with E-state index in [1.807, 2.05) is 62.4 Å². The third-order valence-electron chi connectivity index (χ3n) is 5.53. The molecule has 0 spiro atoms. The molecule has 2 rings (SSSR count). The second-order valence-corrected chi connectivity index (χ2v) is 11.8. The van der Waals surface area contributed by atoms with Gasteiger partial charge in [-0.1, -0.05) is 75.3 Å². The van der Waals surface area contributed by atoms with Crippen molar-refractivity contribution >= 4 is 14.8 Å². The largest absolute Gasteiger partial charge is 0.489 e. The molecule has 2 aromatic carbocycles. The van der Waals surface area contributed by atoms with Gasteiger partial charge in [-0.25, -0.2) is 4.79 Å². The van der Waals surface area contributed by atoms with Gasteiger partial charge < -0.3 is 14.2 Å². The average Bonchev–Trinajstić information content (AvgIpc) is 2.80. The highest BCUT2D eigenvalue weighted by Crippen LogP contribution is 2.20. The quantitative estimate of drug-likeness (QED) is 0.316. The maximum atomic E-state index is 11.8. The summed E-state index contributed by atoms with van der Waals surface area (Å²) in [4.78, 5) is 11.8. The highest BCUT2D eigenvalue weighted by molar-refractivity contribution is 6.58. The number of carbonyl (C=O) groups excluding carboxylic acids is 1. The number of carbonyl (C=O) groups is 1. The number of hydrogen-bond donors (Lipinski definition) is 0. The van der Waals surface area contributed by atoms with Gasteiger partial charge in [0.25, 0.3) is 0 Å². The van der Waals surface area contributed by atoms with E-state index in [1.54, 1.807) is 0 Å². The number of methoxy groups -OCH3 is 1. The second-order valence-electron chi connectivity index (χ2n) is 7.62. The van der Waals surface area contributed by atoms with Crippen LogP contribution in [0, 0.1) is 6.92 Å². The molecule has 172 valence electrons.